The summed E-state index contributed by atoms with van der Waals surface area (Å²) in [5.74, 6) is 0.0999. The number of aromatic nitrogens is 3. The zero-order valence-electron chi connectivity index (χ0n) is 18.5. The number of hydrogen-bond acceptors (Lipinski definition) is 7. The number of nitrogens with zero attached hydrogens (tertiary/aromatic N) is 3. The van der Waals surface area contributed by atoms with Crippen LogP contribution in [-0.4, -0.2) is 57.9 Å². The van der Waals surface area contributed by atoms with Gasteiger partial charge < -0.3 is 20.1 Å². The molecule has 33 heavy (non-hydrogen) atoms. The fourth-order valence-corrected chi connectivity index (χ4v) is 4.81. The van der Waals surface area contributed by atoms with Crippen molar-refractivity contribution < 1.29 is 23.5 Å². The smallest absolute Gasteiger partial charge is 0.337 e. The Balaban J connectivity index is 1.62. The average Bonchev–Trinajstić information content (AvgIpc) is 3.43. The Bertz CT molecular complexity index is 1050. The van der Waals surface area contributed by atoms with Crippen LogP contribution in [0, 0.1) is 5.82 Å². The second kappa shape index (κ2) is 10.3. The first kappa shape index (κ1) is 23.2. The number of carbonyl (C=O) groups excluding carboxylic acids is 2. The summed E-state index contributed by atoms with van der Waals surface area (Å²) in [6, 6.07) is 5.24. The van der Waals surface area contributed by atoms with Crippen molar-refractivity contribution in [3.8, 4) is 11.4 Å². The van der Waals surface area contributed by atoms with Crippen LogP contribution in [-0.2, 0) is 20.8 Å². The van der Waals surface area contributed by atoms with Gasteiger partial charge in [-0.15, -0.1) is 10.2 Å². The molecule has 2 N–H and O–H groups in total. The highest BCUT2D eigenvalue weighted by Gasteiger charge is 2.30. The average molecular weight is 476 g/mol. The van der Waals surface area contributed by atoms with Crippen molar-refractivity contribution in [1.29, 1.82) is 0 Å². The van der Waals surface area contributed by atoms with Crippen LogP contribution in [0.3, 0.4) is 0 Å². The Morgan fingerprint density at radius 2 is 2.12 bits per heavy atom. The Labute approximate surface area is 195 Å². The van der Waals surface area contributed by atoms with Crippen LogP contribution in [0.25, 0.3) is 11.4 Å². The molecule has 0 aliphatic carbocycles. The van der Waals surface area contributed by atoms with Crippen LogP contribution in [0.5, 0.6) is 0 Å². The Kier molecular flexibility index (Phi) is 7.29. The molecule has 2 atom stereocenters. The number of rotatable bonds is 8. The van der Waals surface area contributed by atoms with Gasteiger partial charge in [0, 0.05) is 23.6 Å². The normalized spacial score (nSPS) is 20.5. The molecule has 0 radical (unpaired) electrons. The zero-order valence-corrected chi connectivity index (χ0v) is 19.3. The second-order valence-corrected chi connectivity index (χ2v) is 8.72. The van der Waals surface area contributed by atoms with Crippen molar-refractivity contribution in [2.45, 2.75) is 50.5 Å². The maximum Gasteiger partial charge on any atom is 0.337 e. The minimum Gasteiger partial charge on any atom is -0.463 e. The van der Waals surface area contributed by atoms with E-state index in [-0.39, 0.29) is 24.6 Å². The van der Waals surface area contributed by atoms with E-state index < -0.39 is 12.0 Å². The number of ether oxygens (including phenoxy) is 2. The summed E-state index contributed by atoms with van der Waals surface area (Å²) in [4.78, 5) is 24.5. The molecule has 1 saturated heterocycles. The van der Waals surface area contributed by atoms with Crippen molar-refractivity contribution in [2.24, 2.45) is 0 Å². The van der Waals surface area contributed by atoms with E-state index in [0.717, 1.165) is 18.4 Å². The van der Waals surface area contributed by atoms with Crippen LogP contribution in [0.4, 0.5) is 9.18 Å². The van der Waals surface area contributed by atoms with Gasteiger partial charge in [-0.3, -0.25) is 4.57 Å². The third-order valence-corrected chi connectivity index (χ3v) is 6.43. The highest BCUT2D eigenvalue weighted by Crippen LogP contribution is 2.29. The first-order valence-electron chi connectivity index (χ1n) is 10.9. The molecule has 4 rings (SSSR count). The molecule has 0 spiro atoms. The number of thioether (sulfide) groups is 1. The summed E-state index contributed by atoms with van der Waals surface area (Å²) in [6.45, 7) is 4.98. The third-order valence-electron chi connectivity index (χ3n) is 5.44. The third kappa shape index (κ3) is 5.36. The number of benzene rings is 1. The van der Waals surface area contributed by atoms with Crippen molar-refractivity contribution in [3.05, 3.63) is 41.4 Å². The molecular weight excluding hydrogens is 449 g/mol. The SMILES string of the molecule is CCOC(=O)C1=C(CSc2nnc(-c3ccc(F)cc3)n2C[C@H]2CCCO2)NC(=O)N[C@H]1C. The number of urea groups is 1. The summed E-state index contributed by atoms with van der Waals surface area (Å²) in [5.41, 5.74) is 1.60. The molecule has 1 fully saturated rings. The van der Waals surface area contributed by atoms with E-state index in [9.17, 15) is 14.0 Å². The molecule has 176 valence electrons. The lowest BCUT2D eigenvalue weighted by Crippen LogP contribution is -2.49. The van der Waals surface area contributed by atoms with Gasteiger partial charge in [0.15, 0.2) is 11.0 Å². The molecule has 9 nitrogen and oxygen atoms in total. The Morgan fingerprint density at radius 1 is 1.33 bits per heavy atom. The lowest BCUT2D eigenvalue weighted by Gasteiger charge is -2.26. The van der Waals surface area contributed by atoms with Crippen LogP contribution in [0.1, 0.15) is 26.7 Å². The first-order chi connectivity index (χ1) is 16.0. The monoisotopic (exact) mass is 475 g/mol. The molecule has 11 heteroatoms. The van der Waals surface area contributed by atoms with E-state index in [0.29, 0.717) is 41.2 Å². The van der Waals surface area contributed by atoms with Crippen molar-refractivity contribution in [1.82, 2.24) is 25.4 Å². The molecule has 2 amide bonds. The maximum atomic E-state index is 13.4. The second-order valence-electron chi connectivity index (χ2n) is 7.78. The van der Waals surface area contributed by atoms with Gasteiger partial charge in [-0.25, -0.2) is 14.0 Å². The van der Waals surface area contributed by atoms with Crippen LogP contribution in [0.15, 0.2) is 40.7 Å². The molecular formula is C22H26FN5O4S. The number of hydrogen-bond donors (Lipinski definition) is 2. The topological polar surface area (TPSA) is 107 Å². The number of carbonyl (C=O) groups is 2. The van der Waals surface area contributed by atoms with E-state index in [1.54, 1.807) is 26.0 Å². The van der Waals surface area contributed by atoms with Gasteiger partial charge in [-0.1, -0.05) is 11.8 Å². The molecule has 1 aromatic carbocycles. The minimum absolute atomic E-state index is 0.0347. The van der Waals surface area contributed by atoms with Crippen LogP contribution >= 0.6 is 11.8 Å². The van der Waals surface area contributed by atoms with E-state index in [4.69, 9.17) is 9.47 Å². The Morgan fingerprint density at radius 3 is 2.82 bits per heavy atom. The van der Waals surface area contributed by atoms with Crippen LogP contribution in [0.2, 0.25) is 0 Å². The molecule has 0 bridgehead atoms. The molecule has 2 aliphatic heterocycles. The molecule has 2 aromatic rings. The lowest BCUT2D eigenvalue weighted by molar-refractivity contribution is -0.138. The molecule has 1 aromatic heterocycles. The van der Waals surface area contributed by atoms with E-state index in [1.165, 1.54) is 23.9 Å². The van der Waals surface area contributed by atoms with Gasteiger partial charge in [0.05, 0.1) is 30.9 Å². The lowest BCUT2D eigenvalue weighted by atomic mass is 10.1. The largest absolute Gasteiger partial charge is 0.463 e. The molecule has 0 unspecified atom stereocenters. The standard InChI is InChI=1S/C22H26FN5O4S/c1-3-31-20(29)18-13(2)24-21(30)25-17(18)12-33-22-27-26-19(14-6-8-15(23)9-7-14)28(22)11-16-5-4-10-32-16/h6-9,13,16H,3-5,10-12H2,1-2H3,(H2,24,25,30)/t13-,16+/m0/s1. The number of nitrogens with one attached hydrogen (secondary N) is 2. The number of amides is 2. The Hall–Kier alpha value is -2.92. The van der Waals surface area contributed by atoms with Gasteiger partial charge in [0.2, 0.25) is 0 Å². The summed E-state index contributed by atoms with van der Waals surface area (Å²) in [6.07, 6.45) is 1.96. The number of halogens is 1. The van der Waals surface area contributed by atoms with E-state index >= 15 is 0 Å². The van der Waals surface area contributed by atoms with Gasteiger partial charge in [0.25, 0.3) is 0 Å². The predicted octanol–water partition coefficient (Wildman–Crippen LogP) is 2.87. The molecule has 2 aliphatic rings. The van der Waals surface area contributed by atoms with Crippen molar-refractivity contribution in [2.75, 3.05) is 19.0 Å². The quantitative estimate of drug-likeness (QED) is 0.447. The fourth-order valence-electron chi connectivity index (χ4n) is 3.89. The van der Waals surface area contributed by atoms with Gasteiger partial charge in [-0.2, -0.15) is 0 Å². The molecule has 0 saturated carbocycles. The minimum atomic E-state index is -0.479. The highest BCUT2D eigenvalue weighted by atomic mass is 32.2. The maximum absolute atomic E-state index is 13.4. The van der Waals surface area contributed by atoms with Crippen molar-refractivity contribution in [3.63, 3.8) is 0 Å². The van der Waals surface area contributed by atoms with Crippen LogP contribution < -0.4 is 10.6 Å². The molecule has 3 heterocycles. The van der Waals surface area contributed by atoms with Crippen molar-refractivity contribution >= 4 is 23.8 Å². The van der Waals surface area contributed by atoms with E-state index in [2.05, 4.69) is 20.8 Å². The highest BCUT2D eigenvalue weighted by molar-refractivity contribution is 7.99. The number of esters is 1. The summed E-state index contributed by atoms with van der Waals surface area (Å²) < 4.78 is 26.4. The summed E-state index contributed by atoms with van der Waals surface area (Å²) in [5, 5.41) is 14.7. The predicted molar refractivity (Wildman–Crippen MR) is 120 cm³/mol. The van der Waals surface area contributed by atoms with Gasteiger partial charge in [-0.05, 0) is 51.0 Å². The summed E-state index contributed by atoms with van der Waals surface area (Å²) >= 11 is 1.35. The zero-order chi connectivity index (χ0) is 23.4. The van der Waals surface area contributed by atoms with Gasteiger partial charge in [0.1, 0.15) is 5.82 Å². The first-order valence-corrected chi connectivity index (χ1v) is 11.9. The summed E-state index contributed by atoms with van der Waals surface area (Å²) in [7, 11) is 0. The fraction of sp³-hybridized carbons (Fsp3) is 0.455. The van der Waals surface area contributed by atoms with E-state index in [1.807, 2.05) is 4.57 Å². The van der Waals surface area contributed by atoms with Gasteiger partial charge >= 0.3 is 12.0 Å².